The highest BCUT2D eigenvalue weighted by Crippen LogP contribution is 2.28. The minimum absolute atomic E-state index is 0.479. The van der Waals surface area contributed by atoms with Crippen molar-refractivity contribution in [3.63, 3.8) is 0 Å². The number of imidazole rings is 1. The summed E-state index contributed by atoms with van der Waals surface area (Å²) in [5.74, 6) is 0. The minimum Gasteiger partial charge on any atom is -0.325 e. The smallest absolute Gasteiger partial charge is 0.137 e. The number of nitrogens with zero attached hydrogens (tertiary/aromatic N) is 2. The van der Waals surface area contributed by atoms with Crippen LogP contribution in [-0.2, 0) is 6.54 Å². The van der Waals surface area contributed by atoms with E-state index >= 15 is 0 Å². The van der Waals surface area contributed by atoms with Gasteiger partial charge in [0.1, 0.15) is 5.65 Å². The number of aryl methyl sites for hydroxylation is 3. The molecule has 0 atom stereocenters. The molecular formula is C17H19N3. The lowest BCUT2D eigenvalue weighted by atomic mass is 10.0. The predicted octanol–water partition coefficient (Wildman–Crippen LogP) is 3.39. The second-order valence-corrected chi connectivity index (χ2v) is 5.36. The average molecular weight is 265 g/mol. The second-order valence-electron chi connectivity index (χ2n) is 5.36. The van der Waals surface area contributed by atoms with Crippen molar-refractivity contribution in [2.75, 3.05) is 0 Å². The molecule has 3 heteroatoms. The second kappa shape index (κ2) is 4.76. The number of hydrogen-bond donors (Lipinski definition) is 1. The highest BCUT2D eigenvalue weighted by molar-refractivity contribution is 5.70. The number of nitrogens with two attached hydrogens (primary N) is 1. The minimum atomic E-state index is 0.479. The summed E-state index contributed by atoms with van der Waals surface area (Å²) in [5.41, 5.74) is 13.8. The number of aromatic nitrogens is 2. The van der Waals surface area contributed by atoms with Gasteiger partial charge in [0.15, 0.2) is 0 Å². The van der Waals surface area contributed by atoms with E-state index in [1.165, 1.54) is 16.7 Å². The summed E-state index contributed by atoms with van der Waals surface area (Å²) in [7, 11) is 0. The van der Waals surface area contributed by atoms with Crippen LogP contribution in [0.1, 0.15) is 22.4 Å². The van der Waals surface area contributed by atoms with Crippen LogP contribution in [0.2, 0.25) is 0 Å². The Labute approximate surface area is 119 Å². The van der Waals surface area contributed by atoms with Gasteiger partial charge in [-0.3, -0.25) is 0 Å². The molecular weight excluding hydrogens is 246 g/mol. The van der Waals surface area contributed by atoms with E-state index in [9.17, 15) is 0 Å². The fraction of sp³-hybridized carbons (Fsp3) is 0.235. The fourth-order valence-corrected chi connectivity index (χ4v) is 2.69. The van der Waals surface area contributed by atoms with E-state index < -0.39 is 0 Å². The Morgan fingerprint density at radius 1 is 1.05 bits per heavy atom. The van der Waals surface area contributed by atoms with Crippen molar-refractivity contribution in [3.05, 3.63) is 58.9 Å². The van der Waals surface area contributed by atoms with Crippen LogP contribution in [0.3, 0.4) is 0 Å². The zero-order valence-corrected chi connectivity index (χ0v) is 12.1. The van der Waals surface area contributed by atoms with Gasteiger partial charge in [0.05, 0.1) is 11.4 Å². The zero-order chi connectivity index (χ0) is 14.3. The normalized spacial score (nSPS) is 11.2. The predicted molar refractivity (Wildman–Crippen MR) is 82.7 cm³/mol. The largest absolute Gasteiger partial charge is 0.325 e. The lowest BCUT2D eigenvalue weighted by molar-refractivity contribution is 0.960. The number of benzene rings is 1. The monoisotopic (exact) mass is 265 g/mol. The molecule has 0 unspecified atom stereocenters. The third-order valence-corrected chi connectivity index (χ3v) is 3.71. The third-order valence-electron chi connectivity index (χ3n) is 3.71. The summed E-state index contributed by atoms with van der Waals surface area (Å²) in [5, 5.41) is 0. The molecule has 3 rings (SSSR count). The molecule has 0 radical (unpaired) electrons. The zero-order valence-electron chi connectivity index (χ0n) is 12.1. The van der Waals surface area contributed by atoms with E-state index in [1.807, 2.05) is 6.20 Å². The van der Waals surface area contributed by atoms with Gasteiger partial charge < -0.3 is 10.1 Å². The maximum absolute atomic E-state index is 5.96. The van der Waals surface area contributed by atoms with Crippen LogP contribution in [0.5, 0.6) is 0 Å². The molecule has 0 saturated heterocycles. The van der Waals surface area contributed by atoms with Crippen LogP contribution < -0.4 is 5.73 Å². The first-order chi connectivity index (χ1) is 9.60. The Bertz CT molecular complexity index is 784. The molecule has 0 aliphatic carbocycles. The van der Waals surface area contributed by atoms with Crippen molar-refractivity contribution < 1.29 is 0 Å². The van der Waals surface area contributed by atoms with Gasteiger partial charge in [0.25, 0.3) is 0 Å². The summed E-state index contributed by atoms with van der Waals surface area (Å²) < 4.78 is 2.08. The first-order valence-corrected chi connectivity index (χ1v) is 6.85. The Morgan fingerprint density at radius 2 is 1.80 bits per heavy atom. The number of rotatable bonds is 2. The van der Waals surface area contributed by atoms with Gasteiger partial charge in [-0.2, -0.15) is 0 Å². The quantitative estimate of drug-likeness (QED) is 0.772. The first-order valence-electron chi connectivity index (χ1n) is 6.85. The van der Waals surface area contributed by atoms with Crippen molar-refractivity contribution in [1.29, 1.82) is 0 Å². The van der Waals surface area contributed by atoms with Crippen LogP contribution in [-0.4, -0.2) is 9.38 Å². The maximum atomic E-state index is 5.96. The van der Waals surface area contributed by atoms with Crippen molar-refractivity contribution in [3.8, 4) is 11.3 Å². The molecule has 102 valence electrons. The SMILES string of the molecule is Cc1ccc(-c2nc3cc(C)ccn3c2CN)c(C)c1. The van der Waals surface area contributed by atoms with Crippen LogP contribution >= 0.6 is 0 Å². The Morgan fingerprint density at radius 3 is 2.50 bits per heavy atom. The molecule has 0 aliphatic rings. The molecule has 20 heavy (non-hydrogen) atoms. The highest BCUT2D eigenvalue weighted by Gasteiger charge is 2.14. The van der Waals surface area contributed by atoms with Crippen molar-refractivity contribution >= 4 is 5.65 Å². The third kappa shape index (κ3) is 2.00. The van der Waals surface area contributed by atoms with Crippen molar-refractivity contribution in [2.24, 2.45) is 5.73 Å². The van der Waals surface area contributed by atoms with E-state index in [-0.39, 0.29) is 0 Å². The van der Waals surface area contributed by atoms with Crippen molar-refractivity contribution in [1.82, 2.24) is 9.38 Å². The lowest BCUT2D eigenvalue weighted by Crippen LogP contribution is -2.03. The molecule has 0 fully saturated rings. The van der Waals surface area contributed by atoms with Crippen LogP contribution in [0.25, 0.3) is 16.9 Å². The Kier molecular flexibility index (Phi) is 3.07. The summed E-state index contributed by atoms with van der Waals surface area (Å²) in [6.45, 7) is 6.78. The topological polar surface area (TPSA) is 43.3 Å². The number of pyridine rings is 1. The molecule has 0 spiro atoms. The fourth-order valence-electron chi connectivity index (χ4n) is 2.69. The van der Waals surface area contributed by atoms with E-state index in [0.29, 0.717) is 6.54 Å². The molecule has 2 N–H and O–H groups in total. The van der Waals surface area contributed by atoms with E-state index in [1.54, 1.807) is 0 Å². The van der Waals surface area contributed by atoms with Gasteiger partial charge in [-0.1, -0.05) is 23.8 Å². The van der Waals surface area contributed by atoms with Gasteiger partial charge in [-0.15, -0.1) is 0 Å². The van der Waals surface area contributed by atoms with Gasteiger partial charge >= 0.3 is 0 Å². The molecule has 0 amide bonds. The molecule has 0 saturated carbocycles. The summed E-state index contributed by atoms with van der Waals surface area (Å²) in [4.78, 5) is 4.79. The number of fused-ring (bicyclic) bond motifs is 1. The van der Waals surface area contributed by atoms with Crippen LogP contribution in [0, 0.1) is 20.8 Å². The summed E-state index contributed by atoms with van der Waals surface area (Å²) >= 11 is 0. The molecule has 3 aromatic rings. The van der Waals surface area contributed by atoms with Crippen LogP contribution in [0.4, 0.5) is 0 Å². The molecule has 3 nitrogen and oxygen atoms in total. The Hall–Kier alpha value is -2.13. The molecule has 0 bridgehead atoms. The summed E-state index contributed by atoms with van der Waals surface area (Å²) in [6, 6.07) is 10.6. The standard InChI is InChI=1S/C17H19N3/c1-11-4-5-14(13(3)8-11)17-15(10-18)20-7-6-12(2)9-16(20)19-17/h4-9H,10,18H2,1-3H3. The molecule has 2 heterocycles. The van der Waals surface area contributed by atoms with Crippen LogP contribution in [0.15, 0.2) is 36.5 Å². The van der Waals surface area contributed by atoms with Crippen molar-refractivity contribution in [2.45, 2.75) is 27.3 Å². The van der Waals surface area contributed by atoms with E-state index in [4.69, 9.17) is 10.7 Å². The average Bonchev–Trinajstić information content (AvgIpc) is 2.75. The summed E-state index contributed by atoms with van der Waals surface area (Å²) in [6.07, 6.45) is 2.05. The van der Waals surface area contributed by atoms with Gasteiger partial charge in [0.2, 0.25) is 0 Å². The molecule has 2 aromatic heterocycles. The van der Waals surface area contributed by atoms with E-state index in [2.05, 4.69) is 55.5 Å². The Balaban J connectivity index is 2.30. The maximum Gasteiger partial charge on any atom is 0.137 e. The first kappa shape index (κ1) is 12.9. The van der Waals surface area contributed by atoms with Gasteiger partial charge in [-0.05, 0) is 44.0 Å². The highest BCUT2D eigenvalue weighted by atomic mass is 15.0. The van der Waals surface area contributed by atoms with E-state index in [0.717, 1.165) is 22.6 Å². The van der Waals surface area contributed by atoms with Gasteiger partial charge in [-0.25, -0.2) is 4.98 Å². The lowest BCUT2D eigenvalue weighted by Gasteiger charge is -2.06. The molecule has 0 aliphatic heterocycles. The molecule has 1 aromatic carbocycles. The van der Waals surface area contributed by atoms with Gasteiger partial charge in [0, 0.05) is 18.3 Å². The number of hydrogen-bond acceptors (Lipinski definition) is 2.